The van der Waals surface area contributed by atoms with Crippen LogP contribution in [0.25, 0.3) is 16.9 Å². The Bertz CT molecular complexity index is 1710. The fourth-order valence-corrected chi connectivity index (χ4v) is 6.98. The molecule has 1 amide bonds. The molecule has 4 heterocycles. The first-order valence-electron chi connectivity index (χ1n) is 14.1. The van der Waals surface area contributed by atoms with Crippen LogP contribution in [0, 0.1) is 5.82 Å². The maximum absolute atomic E-state index is 14.8. The van der Waals surface area contributed by atoms with Crippen LogP contribution in [0.4, 0.5) is 4.39 Å². The summed E-state index contributed by atoms with van der Waals surface area (Å²) >= 11 is 0. The topological polar surface area (TPSA) is 169 Å². The Morgan fingerprint density at radius 1 is 0.891 bits per heavy atom. The molecule has 13 nitrogen and oxygen atoms in total. The summed E-state index contributed by atoms with van der Waals surface area (Å²) in [5.41, 5.74) is 2.80. The van der Waals surface area contributed by atoms with Crippen molar-refractivity contribution in [2.24, 2.45) is 0 Å². The van der Waals surface area contributed by atoms with Crippen molar-refractivity contribution in [2.75, 3.05) is 52.6 Å². The van der Waals surface area contributed by atoms with Gasteiger partial charge in [0.15, 0.2) is 15.5 Å². The lowest BCUT2D eigenvalue weighted by Crippen LogP contribution is -2.41. The van der Waals surface area contributed by atoms with Gasteiger partial charge in [-0.3, -0.25) is 9.69 Å². The van der Waals surface area contributed by atoms with Gasteiger partial charge in [0.25, 0.3) is 5.91 Å². The van der Waals surface area contributed by atoms with Gasteiger partial charge in [-0.05, 0) is 23.8 Å². The predicted octanol–water partition coefficient (Wildman–Crippen LogP) is 2.62. The van der Waals surface area contributed by atoms with Gasteiger partial charge >= 0.3 is 11.9 Å². The molecule has 0 saturated carbocycles. The fourth-order valence-electron chi connectivity index (χ4n) is 5.31. The first-order valence-corrected chi connectivity index (χ1v) is 15.7. The molecule has 0 unspecified atom stereocenters. The average Bonchev–Trinajstić information content (AvgIpc) is 3.39. The first kappa shape index (κ1) is 34.4. The molecule has 0 atom stereocenters. The molecule has 0 spiro atoms. The molecule has 15 heteroatoms. The summed E-state index contributed by atoms with van der Waals surface area (Å²) in [5.74, 6) is -4.16. The van der Waals surface area contributed by atoms with Crippen molar-refractivity contribution in [2.45, 2.75) is 24.6 Å². The maximum Gasteiger partial charge on any atom is 0.328 e. The third-order valence-electron chi connectivity index (χ3n) is 7.41. The van der Waals surface area contributed by atoms with E-state index in [2.05, 4.69) is 10.00 Å². The number of amides is 1. The summed E-state index contributed by atoms with van der Waals surface area (Å²) in [4.78, 5) is 36.2. The number of carbonyl (C=O) groups is 3. The van der Waals surface area contributed by atoms with Gasteiger partial charge in [-0.2, -0.15) is 5.10 Å². The molecule has 46 heavy (non-hydrogen) atoms. The summed E-state index contributed by atoms with van der Waals surface area (Å²) in [5, 5.41) is 20.3. The molecule has 2 N–H and O–H groups in total. The number of carboxylic acids is 2. The van der Waals surface area contributed by atoms with E-state index in [-0.39, 0.29) is 29.5 Å². The van der Waals surface area contributed by atoms with Crippen molar-refractivity contribution in [1.82, 2.24) is 19.6 Å². The molecule has 3 aromatic rings. The van der Waals surface area contributed by atoms with Gasteiger partial charge in [0, 0.05) is 56.0 Å². The Morgan fingerprint density at radius 3 is 2.07 bits per heavy atom. The number of halogens is 1. The van der Waals surface area contributed by atoms with Crippen LogP contribution in [0.1, 0.15) is 29.0 Å². The van der Waals surface area contributed by atoms with Crippen molar-refractivity contribution in [3.8, 4) is 16.9 Å². The van der Waals surface area contributed by atoms with Crippen LogP contribution in [-0.4, -0.2) is 109 Å². The monoisotopic (exact) mass is 658 g/mol. The Hall–Kier alpha value is -4.44. The highest BCUT2D eigenvalue weighted by Crippen LogP contribution is 2.42. The van der Waals surface area contributed by atoms with Crippen LogP contribution in [0.5, 0.6) is 0 Å². The first-order chi connectivity index (χ1) is 21.5. The Kier molecular flexibility index (Phi) is 11.1. The van der Waals surface area contributed by atoms with E-state index < -0.39 is 33.3 Å². The van der Waals surface area contributed by atoms with Crippen LogP contribution in [-0.2, 0) is 41.2 Å². The molecule has 2 saturated heterocycles. The second kappa shape index (κ2) is 14.8. The molecule has 0 radical (unpaired) electrons. The van der Waals surface area contributed by atoms with Gasteiger partial charge in [0.1, 0.15) is 10.7 Å². The lowest BCUT2D eigenvalue weighted by molar-refractivity contribution is -0.134. The van der Waals surface area contributed by atoms with Crippen molar-refractivity contribution in [3.63, 3.8) is 0 Å². The summed E-state index contributed by atoms with van der Waals surface area (Å²) in [7, 11) is -4.00. The zero-order valence-electron chi connectivity index (χ0n) is 24.1. The highest BCUT2D eigenvalue weighted by Gasteiger charge is 2.39. The molecule has 1 aromatic heterocycles. The largest absolute Gasteiger partial charge is 0.478 e. The number of benzene rings is 2. The zero-order valence-corrected chi connectivity index (χ0v) is 24.9. The number of carbonyl (C=O) groups excluding carboxylic acids is 1. The molecule has 2 fully saturated rings. The number of fused-ring (bicyclic) bond motifs is 3. The second-order valence-electron chi connectivity index (χ2n) is 10.4. The molecule has 3 aliphatic rings. The summed E-state index contributed by atoms with van der Waals surface area (Å²) in [6.45, 7) is 5.58. The second-order valence-corrected chi connectivity index (χ2v) is 12.4. The number of hydrogen-bond donors (Lipinski definition) is 2. The number of rotatable bonds is 6. The molecule has 6 rings (SSSR count). The quantitative estimate of drug-likeness (QED) is 0.374. The lowest BCUT2D eigenvalue weighted by atomic mass is 10.0. The maximum atomic E-state index is 14.8. The van der Waals surface area contributed by atoms with E-state index in [1.807, 2.05) is 24.3 Å². The van der Waals surface area contributed by atoms with Crippen molar-refractivity contribution >= 4 is 27.7 Å². The predicted molar refractivity (Wildman–Crippen MR) is 164 cm³/mol. The van der Waals surface area contributed by atoms with E-state index in [4.69, 9.17) is 19.7 Å². The standard InChI is InChI=1S/C26H27FN4O5S.C4H4O4.CH4/c27-22-3-1-2-20-24-21(17-37(33,34)25(20)22)23(26(32)30-10-14-36-15-11-30)28-31(24)19-6-4-18(5-7-19)16-29-8-12-35-13-9-29;5-3(6)1-2-4(7)8;/h1-7H,8-17H2;1-2H,(H,5,6)(H,7,8);1H4/b;2-1+;. The van der Waals surface area contributed by atoms with E-state index in [9.17, 15) is 27.2 Å². The third kappa shape index (κ3) is 7.67. The minimum absolute atomic E-state index is 0. The van der Waals surface area contributed by atoms with Crippen LogP contribution in [0.15, 0.2) is 59.5 Å². The van der Waals surface area contributed by atoms with E-state index in [1.54, 1.807) is 15.6 Å². The van der Waals surface area contributed by atoms with Gasteiger partial charge in [0.05, 0.1) is 43.6 Å². The number of hydrogen-bond acceptors (Lipinski definition) is 9. The van der Waals surface area contributed by atoms with Gasteiger partial charge in [-0.1, -0.05) is 31.7 Å². The minimum Gasteiger partial charge on any atom is -0.478 e. The number of carboxylic acid groups (broad SMARTS) is 2. The van der Waals surface area contributed by atoms with E-state index in [1.165, 1.54) is 6.07 Å². The number of aliphatic carboxylic acids is 2. The molecule has 3 aliphatic heterocycles. The van der Waals surface area contributed by atoms with Gasteiger partial charge in [-0.15, -0.1) is 0 Å². The average molecular weight is 659 g/mol. The molecule has 246 valence electrons. The van der Waals surface area contributed by atoms with Crippen molar-refractivity contribution < 1.29 is 46.9 Å². The number of sulfone groups is 1. The molecular weight excluding hydrogens is 623 g/mol. The SMILES string of the molecule is C.O=C(O)/C=C/C(=O)O.O=C(c1nn(-c2ccc(CN3CCOCC3)cc2)c2c1CS(=O)(=O)c1c(F)cccc1-2)N1CCOCC1. The van der Waals surface area contributed by atoms with E-state index in [0.29, 0.717) is 55.4 Å². The zero-order chi connectivity index (χ0) is 32.1. The third-order valence-corrected chi connectivity index (χ3v) is 9.12. The van der Waals surface area contributed by atoms with E-state index in [0.717, 1.165) is 44.5 Å². The van der Waals surface area contributed by atoms with E-state index >= 15 is 0 Å². The van der Waals surface area contributed by atoms with Gasteiger partial charge < -0.3 is 24.6 Å². The Balaban J connectivity index is 0.000000475. The Labute approximate surface area is 265 Å². The van der Waals surface area contributed by atoms with Crippen LogP contribution >= 0.6 is 0 Å². The number of nitrogens with zero attached hydrogens (tertiary/aromatic N) is 4. The highest BCUT2D eigenvalue weighted by atomic mass is 32.2. The van der Waals surface area contributed by atoms with Crippen LogP contribution in [0.2, 0.25) is 0 Å². The van der Waals surface area contributed by atoms with Crippen molar-refractivity contribution in [3.05, 3.63) is 77.3 Å². The molecular formula is C31H35FN4O9S. The smallest absolute Gasteiger partial charge is 0.328 e. The number of ether oxygens (including phenoxy) is 2. The van der Waals surface area contributed by atoms with Gasteiger partial charge in [0.2, 0.25) is 0 Å². The summed E-state index contributed by atoms with van der Waals surface area (Å²) < 4.78 is 53.5. The van der Waals surface area contributed by atoms with Crippen LogP contribution in [0.3, 0.4) is 0 Å². The van der Waals surface area contributed by atoms with Crippen molar-refractivity contribution in [1.29, 1.82) is 0 Å². The normalized spacial score (nSPS) is 17.2. The minimum atomic E-state index is -4.00. The molecule has 2 aromatic carbocycles. The molecule has 0 aliphatic carbocycles. The van der Waals surface area contributed by atoms with Crippen LogP contribution < -0.4 is 0 Å². The number of aromatic nitrogens is 2. The Morgan fingerprint density at radius 2 is 1.48 bits per heavy atom. The highest BCUT2D eigenvalue weighted by molar-refractivity contribution is 7.91. The summed E-state index contributed by atoms with van der Waals surface area (Å²) in [6.07, 6.45) is 1.12. The molecule has 0 bridgehead atoms. The fraction of sp³-hybridized carbons (Fsp3) is 0.355. The number of morpholine rings is 2. The van der Waals surface area contributed by atoms with Gasteiger partial charge in [-0.25, -0.2) is 27.1 Å². The summed E-state index contributed by atoms with van der Waals surface area (Å²) in [6, 6.07) is 12.0. The lowest BCUT2D eigenvalue weighted by Gasteiger charge is -2.26.